The Morgan fingerprint density at radius 1 is 0.913 bits per heavy atom. The highest BCUT2D eigenvalue weighted by atomic mass is 79.9. The normalized spacial score (nSPS) is 28.7. The van der Waals surface area contributed by atoms with Crippen LogP contribution in [0.4, 0.5) is 15.8 Å². The van der Waals surface area contributed by atoms with E-state index in [4.69, 9.17) is 16.3 Å². The zero-order valence-corrected chi connectivity index (χ0v) is 28.4. The molecule has 4 aliphatic rings. The average Bonchev–Trinajstić information content (AvgIpc) is 3.39. The number of fused-ring (bicyclic) bond motifs is 4. The predicted molar refractivity (Wildman–Crippen MR) is 175 cm³/mol. The van der Waals surface area contributed by atoms with E-state index < -0.39 is 52.6 Å². The molecule has 0 bridgehead atoms. The Balaban J connectivity index is 1.40. The van der Waals surface area contributed by atoms with Gasteiger partial charge >= 0.3 is 0 Å². The lowest BCUT2D eigenvalue weighted by molar-refractivity contribution is -0.131. The van der Waals surface area contributed by atoms with Crippen LogP contribution in [-0.2, 0) is 19.2 Å². The number of anilines is 2. The molecule has 236 valence electrons. The number of phenolic OH excluding ortho intramolecular Hbond substituents is 1. The van der Waals surface area contributed by atoms with Gasteiger partial charge < -0.3 is 9.84 Å². The predicted octanol–water partition coefficient (Wildman–Crippen LogP) is 7.15. The SMILES string of the molecule is COc1cc(Br)cc(C2C3=CCC4C(=O)N(c5ccc(Br)cc5)C(=O)C4C3CC3C(=O)N(c4ccc(F)c(Cl)c4)C(=O)C32C)c1O. The van der Waals surface area contributed by atoms with E-state index in [1.54, 1.807) is 43.3 Å². The number of aromatic hydroxyl groups is 1. The molecule has 6 atom stereocenters. The van der Waals surface area contributed by atoms with E-state index in [0.29, 0.717) is 21.3 Å². The Morgan fingerprint density at radius 3 is 2.28 bits per heavy atom. The standard InChI is InChI=1S/C34H26Br2ClFN2O6/c1-34-23(31(43)40(33(34)45)18-7-10-25(38)24(37)13-18)14-21-19(28(34)22-11-16(36)12-26(46-2)29(22)41)8-9-20-27(21)32(44)39(30(20)42)17-5-3-15(35)4-6-17/h3-8,10-13,20-21,23,27-28,41H,9,14H2,1-2H3. The van der Waals surface area contributed by atoms with Gasteiger partial charge in [-0.2, -0.15) is 0 Å². The third-order valence-corrected chi connectivity index (χ3v) is 11.4. The highest BCUT2D eigenvalue weighted by Crippen LogP contribution is 2.65. The van der Waals surface area contributed by atoms with Crippen LogP contribution in [0.1, 0.15) is 31.2 Å². The second-order valence-electron chi connectivity index (χ2n) is 12.3. The molecule has 12 heteroatoms. The maximum absolute atomic E-state index is 14.6. The lowest BCUT2D eigenvalue weighted by atomic mass is 9.51. The van der Waals surface area contributed by atoms with Crippen LogP contribution in [0, 0.1) is 34.9 Å². The summed E-state index contributed by atoms with van der Waals surface area (Å²) in [4.78, 5) is 59.1. The molecule has 6 unspecified atom stereocenters. The Bertz CT molecular complexity index is 1900. The number of phenols is 1. The first kappa shape index (κ1) is 31.1. The quantitative estimate of drug-likeness (QED) is 0.223. The van der Waals surface area contributed by atoms with Crippen molar-refractivity contribution in [2.75, 3.05) is 16.9 Å². The summed E-state index contributed by atoms with van der Waals surface area (Å²) >= 11 is 13.0. The van der Waals surface area contributed by atoms with Gasteiger partial charge in [0.25, 0.3) is 0 Å². The van der Waals surface area contributed by atoms with Crippen LogP contribution in [0.2, 0.25) is 5.02 Å². The van der Waals surface area contributed by atoms with Gasteiger partial charge in [-0.15, -0.1) is 0 Å². The summed E-state index contributed by atoms with van der Waals surface area (Å²) in [5.74, 6) is -6.32. The van der Waals surface area contributed by atoms with E-state index in [1.165, 1.54) is 24.1 Å². The van der Waals surface area contributed by atoms with Crippen molar-refractivity contribution < 1.29 is 33.4 Å². The first-order chi connectivity index (χ1) is 21.9. The van der Waals surface area contributed by atoms with Gasteiger partial charge in [-0.1, -0.05) is 55.1 Å². The van der Waals surface area contributed by atoms with Gasteiger partial charge in [-0.3, -0.25) is 24.1 Å². The van der Waals surface area contributed by atoms with Crippen molar-refractivity contribution in [1.29, 1.82) is 0 Å². The highest BCUT2D eigenvalue weighted by Gasteiger charge is 2.68. The molecule has 2 aliphatic heterocycles. The van der Waals surface area contributed by atoms with Crippen molar-refractivity contribution in [2.24, 2.45) is 29.1 Å². The summed E-state index contributed by atoms with van der Waals surface area (Å²) in [6.07, 6.45) is 2.27. The Kier molecular flexibility index (Phi) is 7.45. The van der Waals surface area contributed by atoms with E-state index in [-0.39, 0.29) is 46.9 Å². The van der Waals surface area contributed by atoms with Crippen molar-refractivity contribution in [1.82, 2.24) is 0 Å². The monoisotopic (exact) mass is 770 g/mol. The van der Waals surface area contributed by atoms with E-state index in [9.17, 15) is 28.7 Å². The molecule has 1 saturated carbocycles. The number of amides is 4. The van der Waals surface area contributed by atoms with E-state index in [1.807, 2.05) is 6.08 Å². The molecule has 3 fully saturated rings. The van der Waals surface area contributed by atoms with Crippen LogP contribution in [0.15, 0.2) is 75.2 Å². The number of carbonyl (C=O) groups is 4. The van der Waals surface area contributed by atoms with Crippen molar-refractivity contribution in [3.63, 3.8) is 0 Å². The number of hydrogen-bond acceptors (Lipinski definition) is 6. The summed E-state index contributed by atoms with van der Waals surface area (Å²) in [5, 5.41) is 11.3. The van der Waals surface area contributed by atoms with Crippen LogP contribution >= 0.6 is 43.5 Å². The molecule has 3 aromatic rings. The van der Waals surface area contributed by atoms with Crippen molar-refractivity contribution in [3.8, 4) is 11.5 Å². The minimum Gasteiger partial charge on any atom is -0.504 e. The minimum absolute atomic E-state index is 0.120. The molecule has 0 spiro atoms. The van der Waals surface area contributed by atoms with Gasteiger partial charge in [0, 0.05) is 20.4 Å². The van der Waals surface area contributed by atoms with Crippen LogP contribution in [-0.4, -0.2) is 35.8 Å². The van der Waals surface area contributed by atoms with Crippen LogP contribution < -0.4 is 14.5 Å². The fraction of sp³-hybridized carbons (Fsp3) is 0.294. The molecular weight excluding hydrogens is 747 g/mol. The third-order valence-electron chi connectivity index (χ3n) is 10.1. The summed E-state index contributed by atoms with van der Waals surface area (Å²) in [5.41, 5.74) is 0.194. The van der Waals surface area contributed by atoms with Gasteiger partial charge in [0.05, 0.1) is 46.7 Å². The Morgan fingerprint density at radius 2 is 1.61 bits per heavy atom. The van der Waals surface area contributed by atoms with Crippen molar-refractivity contribution in [3.05, 3.63) is 91.6 Å². The first-order valence-electron chi connectivity index (χ1n) is 14.6. The lowest BCUT2D eigenvalue weighted by Crippen LogP contribution is -2.49. The number of halogens is 4. The fourth-order valence-corrected chi connectivity index (χ4v) is 8.94. The summed E-state index contributed by atoms with van der Waals surface area (Å²) in [6, 6.07) is 13.8. The van der Waals surface area contributed by atoms with Gasteiger partial charge in [0.15, 0.2) is 11.5 Å². The van der Waals surface area contributed by atoms with E-state index >= 15 is 0 Å². The number of rotatable bonds is 4. The molecule has 46 heavy (non-hydrogen) atoms. The number of benzene rings is 3. The Hall–Kier alpha value is -3.54. The molecule has 8 nitrogen and oxygen atoms in total. The molecule has 2 heterocycles. The number of methoxy groups -OCH3 is 1. The number of allylic oxidation sites excluding steroid dienone is 2. The van der Waals surface area contributed by atoms with Crippen molar-refractivity contribution >= 4 is 78.5 Å². The number of carbonyl (C=O) groups excluding carboxylic acids is 4. The summed E-state index contributed by atoms with van der Waals surface area (Å²) < 4.78 is 20.9. The Labute approximate surface area is 285 Å². The molecule has 3 aromatic carbocycles. The average molecular weight is 773 g/mol. The van der Waals surface area contributed by atoms with Gasteiger partial charge in [0.1, 0.15) is 5.82 Å². The molecule has 2 saturated heterocycles. The number of ether oxygens (including phenoxy) is 1. The van der Waals surface area contributed by atoms with Gasteiger partial charge in [0.2, 0.25) is 23.6 Å². The van der Waals surface area contributed by atoms with Crippen LogP contribution in [0.25, 0.3) is 0 Å². The van der Waals surface area contributed by atoms with E-state index in [2.05, 4.69) is 31.9 Å². The zero-order valence-electron chi connectivity index (χ0n) is 24.5. The topological polar surface area (TPSA) is 104 Å². The number of hydrogen-bond donors (Lipinski definition) is 1. The minimum atomic E-state index is -1.42. The lowest BCUT2D eigenvalue weighted by Gasteiger charge is -2.49. The second-order valence-corrected chi connectivity index (χ2v) is 14.5. The number of imide groups is 2. The second kappa shape index (κ2) is 11.0. The van der Waals surface area contributed by atoms with Crippen LogP contribution in [0.5, 0.6) is 11.5 Å². The van der Waals surface area contributed by atoms with Crippen LogP contribution in [0.3, 0.4) is 0 Å². The maximum atomic E-state index is 14.6. The zero-order chi connectivity index (χ0) is 32.8. The fourth-order valence-electron chi connectivity index (χ4n) is 8.04. The molecule has 4 amide bonds. The maximum Gasteiger partial charge on any atom is 0.241 e. The summed E-state index contributed by atoms with van der Waals surface area (Å²) in [7, 11) is 1.41. The van der Waals surface area contributed by atoms with E-state index in [0.717, 1.165) is 15.4 Å². The smallest absolute Gasteiger partial charge is 0.241 e. The van der Waals surface area contributed by atoms with Gasteiger partial charge in [-0.25, -0.2) is 9.29 Å². The first-order valence-corrected chi connectivity index (χ1v) is 16.6. The van der Waals surface area contributed by atoms with Crippen molar-refractivity contribution in [2.45, 2.75) is 25.7 Å². The largest absolute Gasteiger partial charge is 0.504 e. The third kappa shape index (κ3) is 4.34. The molecule has 1 N–H and O–H groups in total. The molecule has 2 aliphatic carbocycles. The molecule has 0 radical (unpaired) electrons. The number of nitrogens with zero attached hydrogens (tertiary/aromatic N) is 2. The molecule has 7 rings (SSSR count). The van der Waals surface area contributed by atoms with Gasteiger partial charge in [-0.05, 0) is 80.3 Å². The molecular formula is C34H26Br2ClFN2O6. The molecule has 0 aromatic heterocycles. The highest BCUT2D eigenvalue weighted by molar-refractivity contribution is 9.10. The summed E-state index contributed by atoms with van der Waals surface area (Å²) in [6.45, 7) is 1.69.